The summed E-state index contributed by atoms with van der Waals surface area (Å²) < 4.78 is 10.7. The highest BCUT2D eigenvalue weighted by Gasteiger charge is 2.18. The summed E-state index contributed by atoms with van der Waals surface area (Å²) in [5, 5.41) is 6.08. The van der Waals surface area contributed by atoms with Gasteiger partial charge in [0, 0.05) is 0 Å². The molecule has 2 amide bonds. The number of hydrogen-bond donors (Lipinski definition) is 2. The normalized spacial score (nSPS) is 14.6. The molecule has 2 atom stereocenters. The van der Waals surface area contributed by atoms with Gasteiger partial charge in [0.15, 0.2) is 11.5 Å². The molecule has 0 radical (unpaired) electrons. The summed E-state index contributed by atoms with van der Waals surface area (Å²) in [5.74, 6) is 1.46. The molecule has 0 saturated carbocycles. The number of nitrogens with one attached hydrogen (secondary N) is 2. The van der Waals surface area contributed by atoms with Crippen LogP contribution < -0.4 is 20.1 Å². The molecule has 0 spiro atoms. The van der Waals surface area contributed by atoms with E-state index in [2.05, 4.69) is 17.6 Å². The van der Waals surface area contributed by atoms with Crippen molar-refractivity contribution in [3.05, 3.63) is 59.7 Å². The molecule has 1 heterocycles. The van der Waals surface area contributed by atoms with Crippen LogP contribution in [-0.2, 0) is 0 Å². The van der Waals surface area contributed by atoms with Crippen molar-refractivity contribution < 1.29 is 14.3 Å². The molecular weight excluding hydrogens is 316 g/mol. The van der Waals surface area contributed by atoms with Gasteiger partial charge in [0.25, 0.3) is 0 Å². The molecule has 5 heteroatoms. The molecule has 3 rings (SSSR count). The Morgan fingerprint density at radius 1 is 1.04 bits per heavy atom. The fourth-order valence-corrected chi connectivity index (χ4v) is 2.96. The molecule has 0 aliphatic carbocycles. The minimum Gasteiger partial charge on any atom is -0.454 e. The van der Waals surface area contributed by atoms with Gasteiger partial charge >= 0.3 is 6.03 Å². The lowest BCUT2D eigenvalue weighted by atomic mass is 10.0. The van der Waals surface area contributed by atoms with E-state index in [4.69, 9.17) is 9.47 Å². The number of benzene rings is 2. The highest BCUT2D eigenvalue weighted by molar-refractivity contribution is 5.75. The quantitative estimate of drug-likeness (QED) is 0.823. The lowest BCUT2D eigenvalue weighted by molar-refractivity contribution is 0.174. The van der Waals surface area contributed by atoms with E-state index in [0.29, 0.717) is 0 Å². The predicted molar refractivity (Wildman–Crippen MR) is 96.7 cm³/mol. The third kappa shape index (κ3) is 4.24. The molecule has 0 saturated heterocycles. The van der Waals surface area contributed by atoms with Crippen molar-refractivity contribution in [2.75, 3.05) is 6.79 Å². The zero-order chi connectivity index (χ0) is 17.6. The van der Waals surface area contributed by atoms with Gasteiger partial charge in [0.1, 0.15) is 0 Å². The summed E-state index contributed by atoms with van der Waals surface area (Å²) in [4.78, 5) is 12.4. The fourth-order valence-electron chi connectivity index (χ4n) is 2.96. The number of carbonyl (C=O) groups is 1. The molecule has 1 aliphatic rings. The van der Waals surface area contributed by atoms with Crippen LogP contribution in [-0.4, -0.2) is 12.8 Å². The number of amides is 2. The maximum absolute atomic E-state index is 12.4. The highest BCUT2D eigenvalue weighted by Crippen LogP contribution is 2.34. The monoisotopic (exact) mass is 340 g/mol. The largest absolute Gasteiger partial charge is 0.454 e. The second-order valence-corrected chi connectivity index (χ2v) is 6.20. The zero-order valence-electron chi connectivity index (χ0n) is 14.6. The second-order valence-electron chi connectivity index (χ2n) is 6.20. The Kier molecular flexibility index (Phi) is 5.43. The molecule has 132 valence electrons. The van der Waals surface area contributed by atoms with Crippen LogP contribution in [0.25, 0.3) is 0 Å². The number of urea groups is 1. The third-order valence-corrected chi connectivity index (χ3v) is 4.33. The smallest absolute Gasteiger partial charge is 0.315 e. The molecular formula is C20H24N2O3. The summed E-state index contributed by atoms with van der Waals surface area (Å²) in [5.41, 5.74) is 2.10. The predicted octanol–water partition coefficient (Wildman–Crippen LogP) is 4.32. The van der Waals surface area contributed by atoms with E-state index in [9.17, 15) is 4.79 Å². The van der Waals surface area contributed by atoms with Crippen LogP contribution >= 0.6 is 0 Å². The van der Waals surface area contributed by atoms with Crippen LogP contribution in [0.4, 0.5) is 4.79 Å². The summed E-state index contributed by atoms with van der Waals surface area (Å²) >= 11 is 0. The van der Waals surface area contributed by atoms with Crippen molar-refractivity contribution in [2.45, 2.75) is 38.8 Å². The zero-order valence-corrected chi connectivity index (χ0v) is 14.6. The van der Waals surface area contributed by atoms with Crippen LogP contribution in [0.3, 0.4) is 0 Å². The summed E-state index contributed by atoms with van der Waals surface area (Å²) in [7, 11) is 0. The molecule has 25 heavy (non-hydrogen) atoms. The van der Waals surface area contributed by atoms with E-state index in [-0.39, 0.29) is 24.9 Å². The number of hydrogen-bond acceptors (Lipinski definition) is 3. The van der Waals surface area contributed by atoms with Gasteiger partial charge in [0.2, 0.25) is 6.79 Å². The van der Waals surface area contributed by atoms with E-state index < -0.39 is 0 Å². The molecule has 0 bridgehead atoms. The standard InChI is InChI=1S/C20H24N2O3/c1-3-7-17(15-8-5-4-6-9-15)22-20(23)21-14(2)16-10-11-18-19(12-16)25-13-24-18/h4-6,8-12,14,17H,3,7,13H2,1-2H3,(H2,21,22,23). The topological polar surface area (TPSA) is 59.6 Å². The van der Waals surface area contributed by atoms with Gasteiger partial charge in [-0.2, -0.15) is 0 Å². The molecule has 2 unspecified atom stereocenters. The number of fused-ring (bicyclic) bond motifs is 1. The maximum atomic E-state index is 12.4. The van der Waals surface area contributed by atoms with Crippen molar-refractivity contribution >= 4 is 6.03 Å². The van der Waals surface area contributed by atoms with E-state index in [1.54, 1.807) is 0 Å². The van der Waals surface area contributed by atoms with E-state index in [1.807, 2.05) is 55.5 Å². The number of rotatable bonds is 6. The molecule has 1 aliphatic heterocycles. The molecule has 2 aromatic rings. The van der Waals surface area contributed by atoms with Gasteiger partial charge in [-0.1, -0.05) is 49.7 Å². The first-order chi connectivity index (χ1) is 12.2. The Bertz CT molecular complexity index is 718. The van der Waals surface area contributed by atoms with E-state index in [1.165, 1.54) is 0 Å². The van der Waals surface area contributed by atoms with Crippen LogP contribution in [0.15, 0.2) is 48.5 Å². The van der Waals surface area contributed by atoms with Crippen LogP contribution in [0.2, 0.25) is 0 Å². The summed E-state index contributed by atoms with van der Waals surface area (Å²) in [6.45, 7) is 4.32. The molecule has 2 aromatic carbocycles. The number of carbonyl (C=O) groups excluding carboxylic acids is 1. The second kappa shape index (κ2) is 7.92. The Morgan fingerprint density at radius 3 is 2.56 bits per heavy atom. The van der Waals surface area contributed by atoms with Crippen LogP contribution in [0, 0.1) is 0 Å². The molecule has 0 aromatic heterocycles. The molecule has 2 N–H and O–H groups in total. The first-order valence-electron chi connectivity index (χ1n) is 8.69. The Morgan fingerprint density at radius 2 is 1.80 bits per heavy atom. The van der Waals surface area contributed by atoms with Gasteiger partial charge in [-0.3, -0.25) is 0 Å². The average Bonchev–Trinajstić information content (AvgIpc) is 3.09. The minimum absolute atomic E-state index is 0.00940. The lowest BCUT2D eigenvalue weighted by Gasteiger charge is -2.21. The Balaban J connectivity index is 1.62. The first-order valence-corrected chi connectivity index (χ1v) is 8.69. The molecule has 5 nitrogen and oxygen atoms in total. The number of ether oxygens (including phenoxy) is 2. The van der Waals surface area contributed by atoms with Crippen molar-refractivity contribution in [1.82, 2.24) is 10.6 Å². The van der Waals surface area contributed by atoms with Crippen molar-refractivity contribution in [2.24, 2.45) is 0 Å². The minimum atomic E-state index is -0.174. The van der Waals surface area contributed by atoms with Crippen molar-refractivity contribution in [3.8, 4) is 11.5 Å². The highest BCUT2D eigenvalue weighted by atomic mass is 16.7. The van der Waals surface area contributed by atoms with E-state index >= 15 is 0 Å². The average molecular weight is 340 g/mol. The third-order valence-electron chi connectivity index (χ3n) is 4.33. The Hall–Kier alpha value is -2.69. The Labute approximate surface area is 148 Å². The molecule has 0 fully saturated rings. The SMILES string of the molecule is CCCC(NC(=O)NC(C)c1ccc2c(c1)OCO2)c1ccccc1. The van der Waals surface area contributed by atoms with Gasteiger partial charge < -0.3 is 20.1 Å². The van der Waals surface area contributed by atoms with Gasteiger partial charge in [0.05, 0.1) is 12.1 Å². The summed E-state index contributed by atoms with van der Waals surface area (Å²) in [6.07, 6.45) is 1.90. The van der Waals surface area contributed by atoms with Gasteiger partial charge in [-0.05, 0) is 36.6 Å². The first kappa shape index (κ1) is 17.1. The van der Waals surface area contributed by atoms with Crippen molar-refractivity contribution in [3.63, 3.8) is 0 Å². The lowest BCUT2D eigenvalue weighted by Crippen LogP contribution is -2.39. The fraction of sp³-hybridized carbons (Fsp3) is 0.350. The summed E-state index contributed by atoms with van der Waals surface area (Å²) in [6, 6.07) is 15.5. The van der Waals surface area contributed by atoms with Crippen molar-refractivity contribution in [1.29, 1.82) is 0 Å². The maximum Gasteiger partial charge on any atom is 0.315 e. The van der Waals surface area contributed by atoms with Crippen LogP contribution in [0.5, 0.6) is 11.5 Å². The van der Waals surface area contributed by atoms with Crippen LogP contribution in [0.1, 0.15) is 49.9 Å². The van der Waals surface area contributed by atoms with Gasteiger partial charge in [-0.25, -0.2) is 4.79 Å². The van der Waals surface area contributed by atoms with E-state index in [0.717, 1.165) is 35.5 Å². The van der Waals surface area contributed by atoms with Gasteiger partial charge in [-0.15, -0.1) is 0 Å².